The fourth-order valence-electron chi connectivity index (χ4n) is 3.00. The van der Waals surface area contributed by atoms with Gasteiger partial charge in [-0.05, 0) is 42.7 Å². The molecule has 1 aromatic heterocycles. The third kappa shape index (κ3) is 3.20. The maximum Gasteiger partial charge on any atom is 0.186 e. The molecule has 3 nitrogen and oxygen atoms in total. The number of aromatic nitrogens is 1. The molecule has 2 aromatic rings. The molecule has 1 unspecified atom stereocenters. The minimum Gasteiger partial charge on any atom is -0.302 e. The summed E-state index contributed by atoms with van der Waals surface area (Å²) in [5.74, 6) is 0.0104. The van der Waals surface area contributed by atoms with Crippen LogP contribution in [0.5, 0.6) is 0 Å². The van der Waals surface area contributed by atoms with E-state index in [4.69, 9.17) is 17.0 Å². The minimum absolute atomic E-state index is 0.0531. The summed E-state index contributed by atoms with van der Waals surface area (Å²) >= 11 is 5.93. The first-order valence-corrected chi connectivity index (χ1v) is 8.20. The highest BCUT2D eigenvalue weighted by atomic mass is 35.5. The smallest absolute Gasteiger partial charge is 0.186 e. The maximum absolute atomic E-state index is 12.8. The Kier molecular flexibility index (Phi) is 4.31. The molecule has 0 aliphatic heterocycles. The van der Waals surface area contributed by atoms with E-state index in [9.17, 15) is 4.79 Å². The third-order valence-electron chi connectivity index (χ3n) is 4.56. The van der Waals surface area contributed by atoms with Crippen molar-refractivity contribution in [3.63, 3.8) is 0 Å². The van der Waals surface area contributed by atoms with E-state index < -0.39 is 5.41 Å². The van der Waals surface area contributed by atoms with E-state index in [1.165, 1.54) is 0 Å². The van der Waals surface area contributed by atoms with Crippen molar-refractivity contribution in [3.05, 3.63) is 64.9 Å². The van der Waals surface area contributed by atoms with Gasteiger partial charge in [-0.15, -0.1) is 0 Å². The Hall–Kier alpha value is -2.00. The molecule has 1 N–H and O–H groups in total. The van der Waals surface area contributed by atoms with Crippen LogP contribution in [-0.2, 0) is 10.2 Å². The van der Waals surface area contributed by atoms with Gasteiger partial charge in [0.1, 0.15) is 0 Å². The molecule has 118 valence electrons. The first-order chi connectivity index (χ1) is 11.0. The Labute approximate surface area is 141 Å². The lowest BCUT2D eigenvalue weighted by Crippen LogP contribution is -2.29. The van der Waals surface area contributed by atoms with Crippen molar-refractivity contribution in [2.45, 2.75) is 37.5 Å². The van der Waals surface area contributed by atoms with E-state index in [2.05, 4.69) is 4.98 Å². The lowest BCUT2D eigenvalue weighted by molar-refractivity contribution is -0.115. The molecule has 1 aliphatic carbocycles. The molecule has 1 saturated carbocycles. The van der Waals surface area contributed by atoms with E-state index in [1.807, 2.05) is 49.4 Å². The number of rotatable bonds is 6. The Bertz CT molecular complexity index is 721. The van der Waals surface area contributed by atoms with Gasteiger partial charge in [-0.3, -0.25) is 9.78 Å². The fourth-order valence-corrected chi connectivity index (χ4v) is 3.13. The van der Waals surface area contributed by atoms with Gasteiger partial charge in [-0.1, -0.05) is 36.7 Å². The number of benzene rings is 1. The van der Waals surface area contributed by atoms with Gasteiger partial charge in [-0.2, -0.15) is 0 Å². The van der Waals surface area contributed by atoms with E-state index in [-0.39, 0.29) is 17.4 Å². The number of hydrogen-bond acceptors (Lipinski definition) is 3. The summed E-state index contributed by atoms with van der Waals surface area (Å²) in [6.45, 7) is 2.01. The van der Waals surface area contributed by atoms with Gasteiger partial charge in [0.05, 0.1) is 11.1 Å². The molecule has 1 aromatic carbocycles. The predicted octanol–water partition coefficient (Wildman–Crippen LogP) is 4.55. The van der Waals surface area contributed by atoms with Crippen LogP contribution in [0, 0.1) is 5.41 Å². The van der Waals surface area contributed by atoms with Crippen LogP contribution in [0.2, 0.25) is 5.02 Å². The van der Waals surface area contributed by atoms with Crippen molar-refractivity contribution < 1.29 is 4.79 Å². The van der Waals surface area contributed by atoms with Crippen LogP contribution in [0.15, 0.2) is 48.7 Å². The predicted molar refractivity (Wildman–Crippen MR) is 92.4 cm³/mol. The van der Waals surface area contributed by atoms with Crippen LogP contribution in [0.4, 0.5) is 0 Å². The van der Waals surface area contributed by atoms with E-state index >= 15 is 0 Å². The van der Waals surface area contributed by atoms with Gasteiger partial charge >= 0.3 is 0 Å². The normalized spacial score (nSPS) is 16.6. The molecule has 0 amide bonds. The monoisotopic (exact) mass is 326 g/mol. The molecule has 4 heteroatoms. The molecule has 0 saturated heterocycles. The summed E-state index contributed by atoms with van der Waals surface area (Å²) in [6.07, 6.45) is 3.79. The molecule has 1 aliphatic rings. The van der Waals surface area contributed by atoms with Gasteiger partial charge in [0.15, 0.2) is 5.78 Å². The Morgan fingerprint density at radius 2 is 1.96 bits per heavy atom. The van der Waals surface area contributed by atoms with Gasteiger partial charge < -0.3 is 5.41 Å². The second kappa shape index (κ2) is 6.25. The Balaban J connectivity index is 1.72. The average Bonchev–Trinajstić information content (AvgIpc) is 3.37. The number of pyridine rings is 1. The van der Waals surface area contributed by atoms with Crippen molar-refractivity contribution in [1.29, 1.82) is 5.41 Å². The van der Waals surface area contributed by atoms with Crippen LogP contribution in [0.3, 0.4) is 0 Å². The lowest BCUT2D eigenvalue weighted by Gasteiger charge is -2.17. The third-order valence-corrected chi connectivity index (χ3v) is 4.81. The summed E-state index contributed by atoms with van der Waals surface area (Å²) in [4.78, 5) is 17.1. The molecule has 0 spiro atoms. The minimum atomic E-state index is -0.495. The molecule has 0 bridgehead atoms. The average molecular weight is 327 g/mol. The van der Waals surface area contributed by atoms with Crippen molar-refractivity contribution >= 4 is 23.1 Å². The zero-order valence-electron chi connectivity index (χ0n) is 13.1. The highest BCUT2D eigenvalue weighted by Gasteiger charge is 2.52. The molecule has 23 heavy (non-hydrogen) atoms. The molecule has 0 radical (unpaired) electrons. The molecule has 1 atom stereocenters. The van der Waals surface area contributed by atoms with Crippen molar-refractivity contribution in [2.24, 2.45) is 0 Å². The summed E-state index contributed by atoms with van der Waals surface area (Å²) in [7, 11) is 0. The lowest BCUT2D eigenvalue weighted by atomic mass is 9.86. The second-order valence-electron chi connectivity index (χ2n) is 6.26. The molecule has 3 rings (SSSR count). The van der Waals surface area contributed by atoms with E-state index in [1.54, 1.807) is 6.20 Å². The maximum atomic E-state index is 12.8. The van der Waals surface area contributed by atoms with Crippen molar-refractivity contribution in [3.8, 4) is 0 Å². The number of carbonyl (C=O) groups excluding carboxylic acids is 1. The molecule has 1 fully saturated rings. The highest BCUT2D eigenvalue weighted by molar-refractivity contribution is 6.42. The molecular formula is C19H19ClN2O. The number of nitrogens with one attached hydrogen (secondary N) is 1. The standard InChI is InChI=1S/C19H19ClN2O/c1-13(17-4-2-3-11-22-17)12-16(21)18(23)19(9-10-19)14-5-7-15(20)8-6-14/h2-8,11,13,21H,9-10,12H2,1H3. The van der Waals surface area contributed by atoms with Crippen LogP contribution in [0.25, 0.3) is 0 Å². The number of nitrogens with zero attached hydrogens (tertiary/aromatic N) is 1. The quantitative estimate of drug-likeness (QED) is 0.792. The molecular weight excluding hydrogens is 308 g/mol. The number of Topliss-reactive ketones (excluding diaryl/α,β-unsaturated/α-hetero) is 1. The van der Waals surface area contributed by atoms with Gasteiger partial charge in [0.25, 0.3) is 0 Å². The van der Waals surface area contributed by atoms with Crippen molar-refractivity contribution in [1.82, 2.24) is 4.98 Å². The van der Waals surface area contributed by atoms with E-state index in [0.29, 0.717) is 11.4 Å². The zero-order valence-corrected chi connectivity index (χ0v) is 13.8. The largest absolute Gasteiger partial charge is 0.302 e. The number of ketones is 1. The van der Waals surface area contributed by atoms with Crippen molar-refractivity contribution in [2.75, 3.05) is 0 Å². The number of hydrogen-bond donors (Lipinski definition) is 1. The highest BCUT2D eigenvalue weighted by Crippen LogP contribution is 2.49. The molecule has 1 heterocycles. The van der Waals surface area contributed by atoms with Gasteiger partial charge in [0, 0.05) is 29.3 Å². The first-order valence-electron chi connectivity index (χ1n) is 7.82. The first kappa shape index (κ1) is 15.9. The SMILES string of the molecule is CC(CC(=N)C(=O)C1(c2ccc(Cl)cc2)CC1)c1ccccn1. The number of halogens is 1. The summed E-state index contributed by atoms with van der Waals surface area (Å²) in [5, 5.41) is 8.92. The Morgan fingerprint density at radius 3 is 2.52 bits per heavy atom. The van der Waals surface area contributed by atoms with Crippen LogP contribution in [0.1, 0.15) is 43.4 Å². The van der Waals surface area contributed by atoms with Crippen LogP contribution < -0.4 is 0 Å². The van der Waals surface area contributed by atoms with Crippen LogP contribution >= 0.6 is 11.6 Å². The summed E-state index contributed by atoms with van der Waals surface area (Å²) in [6, 6.07) is 13.2. The summed E-state index contributed by atoms with van der Waals surface area (Å²) in [5.41, 5.74) is 1.59. The topological polar surface area (TPSA) is 53.8 Å². The van der Waals surface area contributed by atoms with Gasteiger partial charge in [0.2, 0.25) is 0 Å². The van der Waals surface area contributed by atoms with Crippen LogP contribution in [-0.4, -0.2) is 16.5 Å². The summed E-state index contributed by atoms with van der Waals surface area (Å²) < 4.78 is 0. The fraction of sp³-hybridized carbons (Fsp3) is 0.316. The zero-order chi connectivity index (χ0) is 16.4. The second-order valence-corrected chi connectivity index (χ2v) is 6.69. The van der Waals surface area contributed by atoms with Gasteiger partial charge in [-0.25, -0.2) is 0 Å². The number of carbonyl (C=O) groups is 1. The Morgan fingerprint density at radius 1 is 1.26 bits per heavy atom. The van der Waals surface area contributed by atoms with E-state index in [0.717, 1.165) is 24.1 Å².